The Morgan fingerprint density at radius 2 is 2.18 bits per heavy atom. The first kappa shape index (κ1) is 15.4. The van der Waals surface area contributed by atoms with Crippen molar-refractivity contribution in [3.8, 4) is 0 Å². The lowest BCUT2D eigenvalue weighted by atomic mass is 10.1. The molecule has 1 fully saturated rings. The molecule has 1 aliphatic rings. The Bertz CT molecular complexity index is 672. The van der Waals surface area contributed by atoms with Crippen molar-refractivity contribution in [2.45, 2.75) is 18.4 Å². The Morgan fingerprint density at radius 1 is 1.36 bits per heavy atom. The zero-order valence-corrected chi connectivity index (χ0v) is 13.1. The summed E-state index contributed by atoms with van der Waals surface area (Å²) in [6.07, 6.45) is 1.38. The van der Waals surface area contributed by atoms with Gasteiger partial charge in [0.25, 0.3) is 0 Å². The molecule has 22 heavy (non-hydrogen) atoms. The van der Waals surface area contributed by atoms with Crippen LogP contribution in [0.15, 0.2) is 41.0 Å². The monoisotopic (exact) mass is 339 g/mol. The summed E-state index contributed by atoms with van der Waals surface area (Å²) in [6.45, 7) is 0.124. The molecule has 1 aromatic heterocycles. The molecule has 116 valence electrons. The molecule has 2 N–H and O–H groups in total. The Balaban J connectivity index is 1.56. The van der Waals surface area contributed by atoms with Crippen LogP contribution in [0.3, 0.4) is 0 Å². The van der Waals surface area contributed by atoms with E-state index in [-0.39, 0.29) is 24.3 Å². The van der Waals surface area contributed by atoms with Crippen LogP contribution < -0.4 is 5.32 Å². The van der Waals surface area contributed by atoms with E-state index in [0.29, 0.717) is 15.8 Å². The molecule has 4 nitrogen and oxygen atoms in total. The maximum Gasteiger partial charge on any atom is 0.223 e. The zero-order valence-electron chi connectivity index (χ0n) is 11.6. The molecule has 0 spiro atoms. The number of amides is 1. The first-order chi connectivity index (χ1) is 10.6. The molecule has 0 aliphatic heterocycles. The van der Waals surface area contributed by atoms with Gasteiger partial charge < -0.3 is 14.8 Å². The van der Waals surface area contributed by atoms with Crippen LogP contribution in [0.2, 0.25) is 10.0 Å². The van der Waals surface area contributed by atoms with Crippen molar-refractivity contribution in [3.63, 3.8) is 0 Å². The predicted molar refractivity (Wildman–Crippen MR) is 84.0 cm³/mol. The first-order valence-corrected chi connectivity index (χ1v) is 7.76. The molecule has 1 amide bonds. The van der Waals surface area contributed by atoms with Gasteiger partial charge in [0, 0.05) is 5.92 Å². The number of carbonyl (C=O) groups excluding carboxylic acids is 1. The zero-order chi connectivity index (χ0) is 15.7. The number of benzene rings is 1. The van der Waals surface area contributed by atoms with Crippen LogP contribution >= 0.6 is 23.2 Å². The predicted octanol–water partition coefficient (Wildman–Crippen LogP) is 3.54. The van der Waals surface area contributed by atoms with E-state index in [1.807, 2.05) is 12.1 Å². The number of aliphatic hydroxyl groups is 1. The highest BCUT2D eigenvalue weighted by atomic mass is 35.5. The number of aliphatic hydroxyl groups excluding tert-OH is 1. The smallest absolute Gasteiger partial charge is 0.223 e. The van der Waals surface area contributed by atoms with Gasteiger partial charge in [-0.15, -0.1) is 0 Å². The lowest BCUT2D eigenvalue weighted by Gasteiger charge is -2.10. The lowest BCUT2D eigenvalue weighted by molar-refractivity contribution is -0.122. The average molecular weight is 340 g/mol. The van der Waals surface area contributed by atoms with Gasteiger partial charge in [-0.2, -0.15) is 0 Å². The maximum atomic E-state index is 12.1. The molecule has 3 unspecified atom stereocenters. The molecule has 1 heterocycles. The van der Waals surface area contributed by atoms with E-state index >= 15 is 0 Å². The van der Waals surface area contributed by atoms with Crippen LogP contribution in [-0.4, -0.2) is 17.6 Å². The fourth-order valence-corrected chi connectivity index (χ4v) is 2.99. The minimum absolute atomic E-state index is 0.0898. The lowest BCUT2D eigenvalue weighted by Crippen LogP contribution is -2.29. The molecule has 1 aromatic carbocycles. The summed E-state index contributed by atoms with van der Waals surface area (Å²) in [7, 11) is 0. The first-order valence-electron chi connectivity index (χ1n) is 7.01. The third-order valence-corrected chi connectivity index (χ3v) is 4.68. The number of carbonyl (C=O) groups is 1. The summed E-state index contributed by atoms with van der Waals surface area (Å²) in [4.78, 5) is 12.1. The summed E-state index contributed by atoms with van der Waals surface area (Å²) in [5.74, 6) is 0.309. The fraction of sp³-hybridized carbons (Fsp3) is 0.312. The van der Waals surface area contributed by atoms with Crippen LogP contribution in [0, 0.1) is 5.92 Å². The molecule has 0 bridgehead atoms. The molecule has 0 radical (unpaired) electrons. The van der Waals surface area contributed by atoms with Crippen LogP contribution in [-0.2, 0) is 4.79 Å². The topological polar surface area (TPSA) is 62.5 Å². The second-order valence-electron chi connectivity index (χ2n) is 5.37. The molecular formula is C16H15Cl2NO3. The highest BCUT2D eigenvalue weighted by Crippen LogP contribution is 2.50. The normalized spacial score (nSPS) is 21.4. The van der Waals surface area contributed by atoms with E-state index in [9.17, 15) is 9.90 Å². The fourth-order valence-electron chi connectivity index (χ4n) is 2.55. The molecule has 1 saturated carbocycles. The van der Waals surface area contributed by atoms with Crippen LogP contribution in [0.25, 0.3) is 0 Å². The van der Waals surface area contributed by atoms with E-state index in [2.05, 4.69) is 5.32 Å². The quantitative estimate of drug-likeness (QED) is 0.875. The number of hydrogen-bond acceptors (Lipinski definition) is 3. The van der Waals surface area contributed by atoms with Gasteiger partial charge in [-0.25, -0.2) is 0 Å². The molecule has 3 atom stereocenters. The standard InChI is InChI=1S/C16H15Cl2NO3/c17-12-4-1-3-9(15(12)18)10-7-11(10)16(21)19-8-13(20)14-5-2-6-22-14/h1-6,10-11,13,20H,7-8H2,(H,19,21). The van der Waals surface area contributed by atoms with E-state index in [1.54, 1.807) is 18.2 Å². The van der Waals surface area contributed by atoms with E-state index < -0.39 is 6.10 Å². The van der Waals surface area contributed by atoms with E-state index in [1.165, 1.54) is 6.26 Å². The SMILES string of the molecule is O=C(NCC(O)c1ccco1)C1CC1c1cccc(Cl)c1Cl. The van der Waals surface area contributed by atoms with Gasteiger partial charge >= 0.3 is 0 Å². The number of hydrogen-bond donors (Lipinski definition) is 2. The van der Waals surface area contributed by atoms with Gasteiger partial charge in [0.2, 0.25) is 5.91 Å². The molecule has 1 aliphatic carbocycles. The molecule has 3 rings (SSSR count). The van der Waals surface area contributed by atoms with Crippen LogP contribution in [0.4, 0.5) is 0 Å². The molecular weight excluding hydrogens is 325 g/mol. The van der Waals surface area contributed by atoms with Crippen molar-refractivity contribution >= 4 is 29.1 Å². The van der Waals surface area contributed by atoms with Gasteiger partial charge in [0.1, 0.15) is 11.9 Å². The van der Waals surface area contributed by atoms with Gasteiger partial charge in [-0.3, -0.25) is 4.79 Å². The Kier molecular flexibility index (Phi) is 4.43. The van der Waals surface area contributed by atoms with Crippen molar-refractivity contribution in [2.75, 3.05) is 6.54 Å². The van der Waals surface area contributed by atoms with Crippen molar-refractivity contribution in [1.82, 2.24) is 5.32 Å². The van der Waals surface area contributed by atoms with Crippen molar-refractivity contribution in [1.29, 1.82) is 0 Å². The summed E-state index contributed by atoms with van der Waals surface area (Å²) < 4.78 is 5.09. The third-order valence-electron chi connectivity index (χ3n) is 3.85. The number of halogens is 2. The van der Waals surface area contributed by atoms with Gasteiger partial charge in [0.05, 0.1) is 22.9 Å². The number of nitrogens with one attached hydrogen (secondary N) is 1. The minimum Gasteiger partial charge on any atom is -0.467 e. The highest BCUT2D eigenvalue weighted by Gasteiger charge is 2.45. The van der Waals surface area contributed by atoms with Crippen molar-refractivity contribution < 1.29 is 14.3 Å². The summed E-state index contributed by atoms with van der Waals surface area (Å²) in [5, 5.41) is 13.6. The van der Waals surface area contributed by atoms with Gasteiger partial charge in [-0.05, 0) is 36.1 Å². The minimum atomic E-state index is -0.842. The summed E-state index contributed by atoms with van der Waals surface area (Å²) >= 11 is 12.2. The number of furan rings is 1. The van der Waals surface area contributed by atoms with Gasteiger partial charge in [-0.1, -0.05) is 35.3 Å². The van der Waals surface area contributed by atoms with Crippen molar-refractivity contribution in [3.05, 3.63) is 58.0 Å². The second kappa shape index (κ2) is 6.32. The average Bonchev–Trinajstić information content (AvgIpc) is 3.10. The summed E-state index contributed by atoms with van der Waals surface area (Å²) in [5.41, 5.74) is 0.904. The third kappa shape index (κ3) is 3.14. The van der Waals surface area contributed by atoms with Crippen LogP contribution in [0.1, 0.15) is 29.8 Å². The Hall–Kier alpha value is -1.49. The second-order valence-corrected chi connectivity index (χ2v) is 6.15. The highest BCUT2D eigenvalue weighted by molar-refractivity contribution is 6.42. The Morgan fingerprint density at radius 3 is 2.91 bits per heavy atom. The van der Waals surface area contributed by atoms with E-state index in [0.717, 1.165) is 12.0 Å². The maximum absolute atomic E-state index is 12.1. The molecule has 0 saturated heterocycles. The van der Waals surface area contributed by atoms with Gasteiger partial charge in [0.15, 0.2) is 0 Å². The molecule has 2 aromatic rings. The molecule has 6 heteroatoms. The summed E-state index contributed by atoms with van der Waals surface area (Å²) in [6, 6.07) is 8.81. The van der Waals surface area contributed by atoms with Crippen LogP contribution in [0.5, 0.6) is 0 Å². The number of rotatable bonds is 5. The largest absolute Gasteiger partial charge is 0.467 e. The Labute approximate surface area is 138 Å². The van der Waals surface area contributed by atoms with E-state index in [4.69, 9.17) is 27.6 Å². The van der Waals surface area contributed by atoms with Crippen molar-refractivity contribution in [2.24, 2.45) is 5.92 Å².